The molecular formula is C18H19BrO2. The van der Waals surface area contributed by atoms with E-state index >= 15 is 0 Å². The summed E-state index contributed by atoms with van der Waals surface area (Å²) >= 11 is 3.50. The Labute approximate surface area is 134 Å². The first-order valence-electron chi connectivity index (χ1n) is 7.02. The first-order valence-corrected chi connectivity index (χ1v) is 7.81. The van der Waals surface area contributed by atoms with E-state index in [0.29, 0.717) is 13.0 Å². The van der Waals surface area contributed by atoms with Gasteiger partial charge in [0.15, 0.2) is 0 Å². The topological polar surface area (TPSA) is 26.3 Å². The largest absolute Gasteiger partial charge is 0.460 e. The quantitative estimate of drug-likeness (QED) is 0.567. The molecule has 0 heterocycles. The fourth-order valence-electron chi connectivity index (χ4n) is 2.00. The van der Waals surface area contributed by atoms with E-state index in [-0.39, 0.29) is 5.97 Å². The minimum atomic E-state index is -0.655. The molecule has 0 spiro atoms. The SMILES string of the molecule is CC(Br)(CCc1ccccc1)C(=O)OCc1ccccc1. The number of carbonyl (C=O) groups is 1. The average Bonchev–Trinajstić information content (AvgIpc) is 2.52. The Morgan fingerprint density at radius 2 is 1.52 bits per heavy atom. The van der Waals surface area contributed by atoms with Crippen LogP contribution in [0.2, 0.25) is 0 Å². The van der Waals surface area contributed by atoms with Gasteiger partial charge in [0.2, 0.25) is 0 Å². The molecule has 0 amide bonds. The number of halogens is 1. The molecule has 0 aromatic heterocycles. The lowest BCUT2D eigenvalue weighted by Crippen LogP contribution is -2.31. The maximum Gasteiger partial charge on any atom is 0.322 e. The van der Waals surface area contributed by atoms with Crippen molar-refractivity contribution >= 4 is 21.9 Å². The van der Waals surface area contributed by atoms with Gasteiger partial charge in [-0.3, -0.25) is 4.79 Å². The van der Waals surface area contributed by atoms with Crippen LogP contribution in [0.15, 0.2) is 60.7 Å². The summed E-state index contributed by atoms with van der Waals surface area (Å²) in [6, 6.07) is 19.9. The molecule has 2 nitrogen and oxygen atoms in total. The van der Waals surface area contributed by atoms with Crippen LogP contribution in [0.1, 0.15) is 24.5 Å². The van der Waals surface area contributed by atoms with E-state index in [9.17, 15) is 4.79 Å². The molecule has 2 rings (SSSR count). The molecule has 0 bridgehead atoms. The van der Waals surface area contributed by atoms with Gasteiger partial charge in [-0.05, 0) is 30.9 Å². The Kier molecular flexibility index (Phi) is 5.57. The third-order valence-corrected chi connectivity index (χ3v) is 4.08. The summed E-state index contributed by atoms with van der Waals surface area (Å²) in [7, 11) is 0. The first-order chi connectivity index (χ1) is 10.1. The summed E-state index contributed by atoms with van der Waals surface area (Å²) in [6.07, 6.45) is 1.54. The summed E-state index contributed by atoms with van der Waals surface area (Å²) in [5, 5.41) is 0. The molecule has 0 N–H and O–H groups in total. The molecule has 0 fully saturated rings. The number of hydrogen-bond acceptors (Lipinski definition) is 2. The molecule has 0 saturated carbocycles. The lowest BCUT2D eigenvalue weighted by Gasteiger charge is -2.20. The summed E-state index contributed by atoms with van der Waals surface area (Å²) in [4.78, 5) is 12.2. The van der Waals surface area contributed by atoms with E-state index < -0.39 is 4.32 Å². The van der Waals surface area contributed by atoms with Crippen LogP contribution < -0.4 is 0 Å². The van der Waals surface area contributed by atoms with Gasteiger partial charge in [-0.15, -0.1) is 0 Å². The van der Waals surface area contributed by atoms with Crippen LogP contribution >= 0.6 is 15.9 Å². The van der Waals surface area contributed by atoms with Crippen molar-refractivity contribution in [2.24, 2.45) is 0 Å². The minimum Gasteiger partial charge on any atom is -0.460 e. The second-order valence-electron chi connectivity index (χ2n) is 5.24. The van der Waals surface area contributed by atoms with Crippen LogP contribution in [0.3, 0.4) is 0 Å². The van der Waals surface area contributed by atoms with Crippen LogP contribution in [-0.4, -0.2) is 10.3 Å². The predicted molar refractivity (Wildman–Crippen MR) is 88.3 cm³/mol. The van der Waals surface area contributed by atoms with E-state index in [4.69, 9.17) is 4.74 Å². The predicted octanol–water partition coefficient (Wildman–Crippen LogP) is 4.52. The molecule has 2 aromatic rings. The molecule has 21 heavy (non-hydrogen) atoms. The molecule has 1 unspecified atom stereocenters. The molecule has 0 saturated heterocycles. The van der Waals surface area contributed by atoms with E-state index in [2.05, 4.69) is 28.1 Å². The summed E-state index contributed by atoms with van der Waals surface area (Å²) in [6.45, 7) is 2.18. The Bertz CT molecular complexity index is 564. The molecular weight excluding hydrogens is 328 g/mol. The van der Waals surface area contributed by atoms with Gasteiger partial charge >= 0.3 is 5.97 Å². The lowest BCUT2D eigenvalue weighted by atomic mass is 10.0. The van der Waals surface area contributed by atoms with Crippen molar-refractivity contribution in [3.05, 3.63) is 71.8 Å². The van der Waals surface area contributed by atoms with Crippen molar-refractivity contribution in [1.29, 1.82) is 0 Å². The zero-order chi connectivity index (χ0) is 15.1. The van der Waals surface area contributed by atoms with E-state index in [1.54, 1.807) is 0 Å². The van der Waals surface area contributed by atoms with E-state index in [0.717, 1.165) is 12.0 Å². The second-order valence-corrected chi connectivity index (χ2v) is 6.99. The fourth-order valence-corrected chi connectivity index (χ4v) is 2.31. The fraction of sp³-hybridized carbons (Fsp3) is 0.278. The highest BCUT2D eigenvalue weighted by Crippen LogP contribution is 2.26. The number of carbonyl (C=O) groups excluding carboxylic acids is 1. The van der Waals surface area contributed by atoms with Crippen molar-refractivity contribution in [1.82, 2.24) is 0 Å². The van der Waals surface area contributed by atoms with Gasteiger partial charge in [0.25, 0.3) is 0 Å². The van der Waals surface area contributed by atoms with Crippen molar-refractivity contribution in [2.75, 3.05) is 0 Å². The van der Waals surface area contributed by atoms with Crippen molar-refractivity contribution < 1.29 is 9.53 Å². The third kappa shape index (κ3) is 5.01. The number of rotatable bonds is 6. The number of ether oxygens (including phenoxy) is 1. The highest BCUT2D eigenvalue weighted by atomic mass is 79.9. The number of esters is 1. The Hall–Kier alpha value is -1.61. The monoisotopic (exact) mass is 346 g/mol. The Balaban J connectivity index is 1.85. The van der Waals surface area contributed by atoms with Crippen LogP contribution in [0.5, 0.6) is 0 Å². The van der Waals surface area contributed by atoms with E-state index in [1.165, 1.54) is 5.56 Å². The number of alkyl halides is 1. The number of hydrogen-bond donors (Lipinski definition) is 0. The second kappa shape index (κ2) is 7.41. The van der Waals surface area contributed by atoms with Gasteiger partial charge < -0.3 is 4.74 Å². The zero-order valence-electron chi connectivity index (χ0n) is 12.1. The van der Waals surface area contributed by atoms with Crippen molar-refractivity contribution in [3.63, 3.8) is 0 Å². The summed E-state index contributed by atoms with van der Waals surface area (Å²) in [5.41, 5.74) is 2.22. The van der Waals surface area contributed by atoms with Crippen molar-refractivity contribution in [2.45, 2.75) is 30.7 Å². The molecule has 0 aliphatic rings. The Morgan fingerprint density at radius 3 is 2.10 bits per heavy atom. The van der Waals surface area contributed by atoms with Crippen LogP contribution in [0.4, 0.5) is 0 Å². The first kappa shape index (κ1) is 15.8. The molecule has 0 aliphatic carbocycles. The average molecular weight is 347 g/mol. The standard InChI is InChI=1S/C18H19BrO2/c1-18(19,13-12-15-8-4-2-5-9-15)17(20)21-14-16-10-6-3-7-11-16/h2-11H,12-14H2,1H3. The van der Waals surface area contributed by atoms with Gasteiger partial charge in [-0.2, -0.15) is 0 Å². The molecule has 3 heteroatoms. The highest BCUT2D eigenvalue weighted by molar-refractivity contribution is 9.10. The minimum absolute atomic E-state index is 0.220. The van der Waals surface area contributed by atoms with Crippen LogP contribution in [-0.2, 0) is 22.6 Å². The Morgan fingerprint density at radius 1 is 1.00 bits per heavy atom. The highest BCUT2D eigenvalue weighted by Gasteiger charge is 2.31. The molecule has 110 valence electrons. The maximum absolute atomic E-state index is 12.2. The van der Waals surface area contributed by atoms with Crippen LogP contribution in [0, 0.1) is 0 Å². The summed E-state index contributed by atoms with van der Waals surface area (Å²) < 4.78 is 4.74. The normalized spacial score (nSPS) is 13.4. The zero-order valence-corrected chi connectivity index (χ0v) is 13.7. The van der Waals surface area contributed by atoms with Crippen molar-refractivity contribution in [3.8, 4) is 0 Å². The van der Waals surface area contributed by atoms with Gasteiger partial charge in [0.1, 0.15) is 10.9 Å². The summed E-state index contributed by atoms with van der Waals surface area (Å²) in [5.74, 6) is -0.220. The van der Waals surface area contributed by atoms with E-state index in [1.807, 2.05) is 55.5 Å². The lowest BCUT2D eigenvalue weighted by molar-refractivity contribution is -0.147. The third-order valence-electron chi connectivity index (χ3n) is 3.36. The van der Waals surface area contributed by atoms with Gasteiger partial charge in [-0.25, -0.2) is 0 Å². The number of aryl methyl sites for hydroxylation is 1. The molecule has 1 atom stereocenters. The molecule has 0 aliphatic heterocycles. The maximum atomic E-state index is 12.2. The molecule has 0 radical (unpaired) electrons. The van der Waals surface area contributed by atoms with Gasteiger partial charge in [0.05, 0.1) is 0 Å². The van der Waals surface area contributed by atoms with Gasteiger partial charge in [-0.1, -0.05) is 76.6 Å². The number of benzene rings is 2. The van der Waals surface area contributed by atoms with Crippen LogP contribution in [0.25, 0.3) is 0 Å². The van der Waals surface area contributed by atoms with Gasteiger partial charge in [0, 0.05) is 0 Å². The smallest absolute Gasteiger partial charge is 0.322 e. The molecule has 2 aromatic carbocycles.